The Labute approximate surface area is 202 Å². The molecule has 5 aromatic rings. The summed E-state index contributed by atoms with van der Waals surface area (Å²) in [6.45, 7) is 4.20. The van der Waals surface area contributed by atoms with E-state index in [4.69, 9.17) is 14.1 Å². The maximum Gasteiger partial charge on any atom is 0.227 e. The van der Waals surface area contributed by atoms with Gasteiger partial charge in [-0.2, -0.15) is 0 Å². The molecule has 0 aliphatic heterocycles. The van der Waals surface area contributed by atoms with Crippen molar-refractivity contribution in [1.82, 2.24) is 25.1 Å². The van der Waals surface area contributed by atoms with Crippen molar-refractivity contribution in [2.45, 2.75) is 13.5 Å². The molecule has 0 radical (unpaired) electrons. The largest absolute Gasteiger partial charge is 0.436 e. The molecule has 2 heterocycles. The third-order valence-corrected chi connectivity index (χ3v) is 5.90. The average molecular weight is 472 g/mol. The van der Waals surface area contributed by atoms with Crippen LogP contribution >= 0.6 is 0 Å². The van der Waals surface area contributed by atoms with E-state index in [-0.39, 0.29) is 5.82 Å². The first-order valence-electron chi connectivity index (χ1n) is 11.4. The lowest BCUT2D eigenvalue weighted by Crippen LogP contribution is -2.18. The van der Waals surface area contributed by atoms with Gasteiger partial charge in [-0.1, -0.05) is 24.3 Å². The summed E-state index contributed by atoms with van der Waals surface area (Å²) in [7, 11) is 3.53. The maximum absolute atomic E-state index is 14.1. The van der Waals surface area contributed by atoms with E-state index in [0.717, 1.165) is 52.0 Å². The van der Waals surface area contributed by atoms with Gasteiger partial charge in [0.05, 0.1) is 6.61 Å². The van der Waals surface area contributed by atoms with E-state index < -0.39 is 0 Å². The van der Waals surface area contributed by atoms with Crippen molar-refractivity contribution in [2.24, 2.45) is 7.05 Å². The van der Waals surface area contributed by atoms with Crippen molar-refractivity contribution in [2.75, 3.05) is 20.3 Å². The molecule has 0 bridgehead atoms. The van der Waals surface area contributed by atoms with E-state index in [2.05, 4.69) is 21.6 Å². The zero-order chi connectivity index (χ0) is 24.4. The molecule has 35 heavy (non-hydrogen) atoms. The minimum absolute atomic E-state index is 0.329. The molecule has 8 heteroatoms. The highest BCUT2D eigenvalue weighted by molar-refractivity contribution is 5.84. The van der Waals surface area contributed by atoms with Crippen molar-refractivity contribution in [3.05, 3.63) is 77.9 Å². The van der Waals surface area contributed by atoms with E-state index in [1.54, 1.807) is 24.1 Å². The second-order valence-corrected chi connectivity index (χ2v) is 8.49. The van der Waals surface area contributed by atoms with Gasteiger partial charge in [0.2, 0.25) is 5.89 Å². The number of halogens is 1. The van der Waals surface area contributed by atoms with Crippen LogP contribution in [0.3, 0.4) is 0 Å². The Kier molecular flexibility index (Phi) is 6.39. The summed E-state index contributed by atoms with van der Waals surface area (Å²) < 4.78 is 27.2. The third-order valence-electron chi connectivity index (χ3n) is 5.90. The van der Waals surface area contributed by atoms with Gasteiger partial charge in [-0.05, 0) is 59.5 Å². The molecule has 0 saturated carbocycles. The standard InChI is InChI=1S/C27H26FN5O2/c1-17-11-18(15-29-9-10-34-3)12-24-25(17)35-27(31-24)20-6-4-5-19(13-20)22-8-7-21(28)14-23(22)26-32-30-16-33(26)2/h4-8,11-14,16,29H,9-10,15H2,1-3H3. The number of oxazole rings is 1. The number of aromatic nitrogens is 4. The number of nitrogens with zero attached hydrogens (tertiary/aromatic N) is 4. The van der Waals surface area contributed by atoms with Gasteiger partial charge >= 0.3 is 0 Å². The van der Waals surface area contributed by atoms with Gasteiger partial charge in [-0.15, -0.1) is 10.2 Å². The highest BCUT2D eigenvalue weighted by Gasteiger charge is 2.16. The van der Waals surface area contributed by atoms with E-state index in [1.165, 1.54) is 12.1 Å². The molecule has 7 nitrogen and oxygen atoms in total. The molecule has 2 aromatic heterocycles. The van der Waals surface area contributed by atoms with Crippen molar-refractivity contribution in [1.29, 1.82) is 0 Å². The number of hydrogen-bond acceptors (Lipinski definition) is 6. The molecule has 5 rings (SSSR count). The molecular weight excluding hydrogens is 445 g/mol. The molecule has 0 aliphatic rings. The van der Waals surface area contributed by atoms with Crippen LogP contribution in [0.4, 0.5) is 4.39 Å². The Hall–Kier alpha value is -3.88. The molecule has 3 aromatic carbocycles. The van der Waals surface area contributed by atoms with Crippen LogP contribution in [0.25, 0.3) is 45.1 Å². The van der Waals surface area contributed by atoms with E-state index >= 15 is 0 Å². The Bertz CT molecular complexity index is 1490. The lowest BCUT2D eigenvalue weighted by atomic mass is 9.97. The Morgan fingerprint density at radius 1 is 1.06 bits per heavy atom. The quantitative estimate of drug-likeness (QED) is 0.316. The number of rotatable bonds is 8. The number of nitrogens with one attached hydrogen (secondary N) is 1. The predicted octanol–water partition coefficient (Wildman–Crippen LogP) is 5.14. The Morgan fingerprint density at radius 2 is 1.91 bits per heavy atom. The Morgan fingerprint density at radius 3 is 2.71 bits per heavy atom. The van der Waals surface area contributed by atoms with Gasteiger partial charge in [0.25, 0.3) is 0 Å². The molecule has 0 spiro atoms. The maximum atomic E-state index is 14.1. The summed E-state index contributed by atoms with van der Waals surface area (Å²) in [4.78, 5) is 4.78. The van der Waals surface area contributed by atoms with Crippen molar-refractivity contribution in [3.63, 3.8) is 0 Å². The molecule has 0 fully saturated rings. The van der Waals surface area contributed by atoms with Crippen LogP contribution in [0.2, 0.25) is 0 Å². The smallest absolute Gasteiger partial charge is 0.227 e. The second-order valence-electron chi connectivity index (χ2n) is 8.49. The zero-order valence-electron chi connectivity index (χ0n) is 19.9. The topological polar surface area (TPSA) is 78.0 Å². The van der Waals surface area contributed by atoms with Gasteiger partial charge in [0.15, 0.2) is 11.4 Å². The molecular formula is C27H26FN5O2. The first-order valence-corrected chi connectivity index (χ1v) is 11.4. The molecule has 0 atom stereocenters. The lowest BCUT2D eigenvalue weighted by molar-refractivity contribution is 0.199. The number of aryl methyl sites for hydroxylation is 2. The number of methoxy groups -OCH3 is 1. The normalized spacial score (nSPS) is 11.4. The van der Waals surface area contributed by atoms with Gasteiger partial charge in [0, 0.05) is 38.4 Å². The number of ether oxygens (including phenoxy) is 1. The van der Waals surface area contributed by atoms with E-state index in [9.17, 15) is 4.39 Å². The van der Waals surface area contributed by atoms with Gasteiger partial charge < -0.3 is 19.0 Å². The average Bonchev–Trinajstić information content (AvgIpc) is 3.48. The molecule has 178 valence electrons. The second kappa shape index (κ2) is 9.77. The van der Waals surface area contributed by atoms with Crippen LogP contribution in [0.15, 0.2) is 65.3 Å². The summed E-state index contributed by atoms with van der Waals surface area (Å²) in [6, 6.07) is 16.7. The summed E-state index contributed by atoms with van der Waals surface area (Å²) in [6.07, 6.45) is 1.60. The van der Waals surface area contributed by atoms with Crippen molar-refractivity contribution in [3.8, 4) is 34.0 Å². The summed E-state index contributed by atoms with van der Waals surface area (Å²) in [5.74, 6) is 0.802. The highest BCUT2D eigenvalue weighted by Crippen LogP contribution is 2.34. The first-order chi connectivity index (χ1) is 17.0. The van der Waals surface area contributed by atoms with E-state index in [1.807, 2.05) is 44.3 Å². The fourth-order valence-corrected chi connectivity index (χ4v) is 4.21. The van der Waals surface area contributed by atoms with Crippen LogP contribution in [0.1, 0.15) is 11.1 Å². The molecule has 0 unspecified atom stereocenters. The van der Waals surface area contributed by atoms with Crippen LogP contribution in [0.5, 0.6) is 0 Å². The van der Waals surface area contributed by atoms with Gasteiger partial charge in [-0.25, -0.2) is 9.37 Å². The fraction of sp³-hybridized carbons (Fsp3) is 0.222. The third kappa shape index (κ3) is 4.71. The number of fused-ring (bicyclic) bond motifs is 1. The molecule has 1 N–H and O–H groups in total. The summed E-state index contributed by atoms with van der Waals surface area (Å²) in [5, 5.41) is 11.5. The van der Waals surface area contributed by atoms with Crippen LogP contribution in [-0.2, 0) is 18.3 Å². The fourth-order valence-electron chi connectivity index (χ4n) is 4.21. The zero-order valence-corrected chi connectivity index (χ0v) is 19.9. The van der Waals surface area contributed by atoms with Crippen molar-refractivity contribution < 1.29 is 13.5 Å². The van der Waals surface area contributed by atoms with E-state index in [0.29, 0.717) is 23.9 Å². The Balaban J connectivity index is 1.51. The summed E-state index contributed by atoms with van der Waals surface area (Å²) >= 11 is 0. The minimum atomic E-state index is -0.329. The van der Waals surface area contributed by atoms with Crippen LogP contribution in [-0.4, -0.2) is 40.0 Å². The molecule has 0 saturated heterocycles. The minimum Gasteiger partial charge on any atom is -0.436 e. The SMILES string of the molecule is COCCNCc1cc(C)c2oc(-c3cccc(-c4ccc(F)cc4-c4nncn4C)c3)nc2c1. The predicted molar refractivity (Wildman–Crippen MR) is 133 cm³/mol. The lowest BCUT2D eigenvalue weighted by Gasteiger charge is -2.10. The summed E-state index contributed by atoms with van der Waals surface area (Å²) in [5.41, 5.74) is 7.02. The number of hydrogen-bond donors (Lipinski definition) is 1. The van der Waals surface area contributed by atoms with Crippen LogP contribution in [0, 0.1) is 12.7 Å². The van der Waals surface area contributed by atoms with Gasteiger partial charge in [-0.3, -0.25) is 0 Å². The van der Waals surface area contributed by atoms with Gasteiger partial charge in [0.1, 0.15) is 17.7 Å². The van der Waals surface area contributed by atoms with Crippen molar-refractivity contribution >= 4 is 11.1 Å². The number of benzene rings is 3. The van der Waals surface area contributed by atoms with Crippen LogP contribution < -0.4 is 5.32 Å². The highest BCUT2D eigenvalue weighted by atomic mass is 19.1. The molecule has 0 amide bonds. The monoisotopic (exact) mass is 471 g/mol. The first kappa shape index (κ1) is 22.9. The molecule has 0 aliphatic carbocycles.